The summed E-state index contributed by atoms with van der Waals surface area (Å²) >= 11 is 0. The van der Waals surface area contributed by atoms with Crippen molar-refractivity contribution in [2.45, 2.75) is 46.1 Å². The van der Waals surface area contributed by atoms with Crippen LogP contribution in [0.4, 0.5) is 0 Å². The van der Waals surface area contributed by atoms with E-state index in [9.17, 15) is 4.79 Å². The summed E-state index contributed by atoms with van der Waals surface area (Å²) in [5.41, 5.74) is 0.857. The molecular formula is C13H22N4O3. The van der Waals surface area contributed by atoms with Gasteiger partial charge in [-0.15, -0.1) is 5.10 Å². The molecule has 2 atom stereocenters. The van der Waals surface area contributed by atoms with E-state index >= 15 is 0 Å². The van der Waals surface area contributed by atoms with Crippen molar-refractivity contribution in [3.8, 4) is 0 Å². The first-order chi connectivity index (χ1) is 9.56. The first-order valence-electron chi connectivity index (χ1n) is 6.99. The maximum atomic E-state index is 11.4. The molecule has 0 saturated carbocycles. The molecule has 1 saturated heterocycles. The van der Waals surface area contributed by atoms with Gasteiger partial charge in [-0.1, -0.05) is 5.21 Å². The molecule has 2 heterocycles. The van der Waals surface area contributed by atoms with E-state index in [1.54, 1.807) is 13.1 Å². The maximum Gasteiger partial charge on any atom is 0.327 e. The monoisotopic (exact) mass is 282 g/mol. The minimum atomic E-state index is -0.294. The summed E-state index contributed by atoms with van der Waals surface area (Å²) in [7, 11) is 0. The van der Waals surface area contributed by atoms with Crippen LogP contribution in [0.3, 0.4) is 0 Å². The first-order valence-corrected chi connectivity index (χ1v) is 6.99. The third kappa shape index (κ3) is 4.28. The van der Waals surface area contributed by atoms with Gasteiger partial charge in [0.15, 0.2) is 0 Å². The molecule has 0 unspecified atom stereocenters. The van der Waals surface area contributed by atoms with E-state index in [1.165, 1.54) is 4.68 Å². The highest BCUT2D eigenvalue weighted by Crippen LogP contribution is 2.12. The van der Waals surface area contributed by atoms with Gasteiger partial charge in [0, 0.05) is 19.6 Å². The average Bonchev–Trinajstić information content (AvgIpc) is 2.75. The van der Waals surface area contributed by atoms with Crippen LogP contribution in [0.15, 0.2) is 6.20 Å². The number of morpholine rings is 1. The van der Waals surface area contributed by atoms with E-state index in [0.717, 1.165) is 25.3 Å². The predicted molar refractivity (Wildman–Crippen MR) is 71.9 cm³/mol. The average molecular weight is 282 g/mol. The van der Waals surface area contributed by atoms with Crippen LogP contribution in [-0.2, 0) is 27.4 Å². The van der Waals surface area contributed by atoms with Crippen LogP contribution in [0.1, 0.15) is 26.5 Å². The number of ether oxygens (including phenoxy) is 2. The molecule has 0 spiro atoms. The summed E-state index contributed by atoms with van der Waals surface area (Å²) in [5, 5.41) is 8.05. The van der Waals surface area contributed by atoms with Gasteiger partial charge in [-0.25, -0.2) is 4.68 Å². The number of hydrogen-bond acceptors (Lipinski definition) is 6. The van der Waals surface area contributed by atoms with Crippen LogP contribution in [0.5, 0.6) is 0 Å². The van der Waals surface area contributed by atoms with Gasteiger partial charge in [-0.2, -0.15) is 0 Å². The van der Waals surface area contributed by atoms with Gasteiger partial charge < -0.3 is 9.47 Å². The Morgan fingerprint density at radius 2 is 2.15 bits per heavy atom. The van der Waals surface area contributed by atoms with Gasteiger partial charge in [-0.3, -0.25) is 9.69 Å². The Morgan fingerprint density at radius 1 is 1.45 bits per heavy atom. The summed E-state index contributed by atoms with van der Waals surface area (Å²) in [5.74, 6) is -0.294. The molecule has 0 amide bonds. The number of rotatable bonds is 5. The number of carbonyl (C=O) groups is 1. The molecule has 112 valence electrons. The van der Waals surface area contributed by atoms with Crippen molar-refractivity contribution in [2.24, 2.45) is 0 Å². The quantitative estimate of drug-likeness (QED) is 0.730. The standard InChI is InChI=1S/C13H22N4O3/c1-4-19-13(18)9-17-8-12(14-15-17)7-16-5-10(2)20-11(3)6-16/h8,10-11H,4-7,9H2,1-3H3/t10-,11+. The smallest absolute Gasteiger partial charge is 0.327 e. The molecule has 1 fully saturated rings. The highest BCUT2D eigenvalue weighted by atomic mass is 16.5. The third-order valence-electron chi connectivity index (χ3n) is 3.06. The van der Waals surface area contributed by atoms with Crippen LogP contribution in [0.2, 0.25) is 0 Å². The molecule has 0 aromatic carbocycles. The highest BCUT2D eigenvalue weighted by Gasteiger charge is 2.22. The summed E-state index contributed by atoms with van der Waals surface area (Å²) in [4.78, 5) is 13.6. The Kier molecular flexibility index (Phi) is 5.08. The molecule has 0 bridgehead atoms. The lowest BCUT2D eigenvalue weighted by atomic mass is 10.2. The van der Waals surface area contributed by atoms with Crippen molar-refractivity contribution >= 4 is 5.97 Å². The number of aromatic nitrogens is 3. The zero-order valence-corrected chi connectivity index (χ0v) is 12.3. The van der Waals surface area contributed by atoms with E-state index in [-0.39, 0.29) is 24.7 Å². The topological polar surface area (TPSA) is 69.5 Å². The Bertz CT molecular complexity index is 439. The second-order valence-electron chi connectivity index (χ2n) is 5.16. The molecule has 20 heavy (non-hydrogen) atoms. The van der Waals surface area contributed by atoms with E-state index in [1.807, 2.05) is 0 Å². The summed E-state index contributed by atoms with van der Waals surface area (Å²) < 4.78 is 12.1. The SMILES string of the molecule is CCOC(=O)Cn1cc(CN2C[C@@H](C)O[C@@H](C)C2)nn1. The fraction of sp³-hybridized carbons (Fsp3) is 0.769. The lowest BCUT2D eigenvalue weighted by molar-refractivity contribution is -0.144. The predicted octanol–water partition coefficient (Wildman–Crippen LogP) is 0.450. The number of carbonyl (C=O) groups excluding carboxylic acids is 1. The zero-order valence-electron chi connectivity index (χ0n) is 12.3. The molecule has 1 aromatic heterocycles. The lowest BCUT2D eigenvalue weighted by Crippen LogP contribution is -2.44. The van der Waals surface area contributed by atoms with Crippen LogP contribution >= 0.6 is 0 Å². The van der Waals surface area contributed by atoms with E-state index in [4.69, 9.17) is 9.47 Å². The van der Waals surface area contributed by atoms with Crippen molar-refractivity contribution in [3.05, 3.63) is 11.9 Å². The fourth-order valence-corrected chi connectivity index (χ4v) is 2.47. The molecule has 1 aromatic rings. The van der Waals surface area contributed by atoms with E-state index < -0.39 is 0 Å². The Balaban J connectivity index is 1.87. The van der Waals surface area contributed by atoms with Crippen molar-refractivity contribution in [3.63, 3.8) is 0 Å². The van der Waals surface area contributed by atoms with Gasteiger partial charge in [0.25, 0.3) is 0 Å². The first kappa shape index (κ1) is 14.9. The van der Waals surface area contributed by atoms with Gasteiger partial charge in [0.05, 0.1) is 30.7 Å². The van der Waals surface area contributed by atoms with Crippen molar-refractivity contribution in [1.82, 2.24) is 19.9 Å². The van der Waals surface area contributed by atoms with Crippen molar-refractivity contribution < 1.29 is 14.3 Å². The summed E-state index contributed by atoms with van der Waals surface area (Å²) in [6.45, 7) is 8.90. The minimum Gasteiger partial charge on any atom is -0.465 e. The molecule has 2 rings (SSSR count). The summed E-state index contributed by atoms with van der Waals surface area (Å²) in [6.07, 6.45) is 2.25. The Morgan fingerprint density at radius 3 is 2.80 bits per heavy atom. The highest BCUT2D eigenvalue weighted by molar-refractivity contribution is 5.68. The molecule has 7 heteroatoms. The molecule has 0 aliphatic carbocycles. The van der Waals surface area contributed by atoms with Crippen molar-refractivity contribution in [1.29, 1.82) is 0 Å². The summed E-state index contributed by atoms with van der Waals surface area (Å²) in [6, 6.07) is 0. The van der Waals surface area contributed by atoms with Crippen LogP contribution in [0, 0.1) is 0 Å². The van der Waals surface area contributed by atoms with Gasteiger partial charge in [0.1, 0.15) is 6.54 Å². The molecule has 1 aliphatic rings. The Labute approximate surface area is 118 Å². The fourth-order valence-electron chi connectivity index (χ4n) is 2.47. The number of nitrogens with zero attached hydrogens (tertiary/aromatic N) is 4. The number of esters is 1. The van der Waals surface area contributed by atoms with Gasteiger partial charge >= 0.3 is 5.97 Å². The number of hydrogen-bond donors (Lipinski definition) is 0. The zero-order chi connectivity index (χ0) is 14.5. The molecule has 0 radical (unpaired) electrons. The molecule has 0 N–H and O–H groups in total. The molecule has 7 nitrogen and oxygen atoms in total. The second kappa shape index (κ2) is 6.81. The minimum absolute atomic E-state index is 0.108. The van der Waals surface area contributed by atoms with Gasteiger partial charge in [-0.05, 0) is 20.8 Å². The van der Waals surface area contributed by atoms with Crippen LogP contribution < -0.4 is 0 Å². The lowest BCUT2D eigenvalue weighted by Gasteiger charge is -2.34. The molecule has 1 aliphatic heterocycles. The normalized spacial score (nSPS) is 23.8. The molecular weight excluding hydrogens is 260 g/mol. The second-order valence-corrected chi connectivity index (χ2v) is 5.16. The Hall–Kier alpha value is -1.47. The van der Waals surface area contributed by atoms with E-state index in [0.29, 0.717) is 6.61 Å². The maximum absolute atomic E-state index is 11.4. The van der Waals surface area contributed by atoms with Gasteiger partial charge in [0.2, 0.25) is 0 Å². The largest absolute Gasteiger partial charge is 0.465 e. The third-order valence-corrected chi connectivity index (χ3v) is 3.06. The van der Waals surface area contributed by atoms with Crippen LogP contribution in [-0.4, -0.2) is 57.8 Å². The van der Waals surface area contributed by atoms with Crippen molar-refractivity contribution in [2.75, 3.05) is 19.7 Å². The van der Waals surface area contributed by atoms with Crippen LogP contribution in [0.25, 0.3) is 0 Å². The van der Waals surface area contributed by atoms with E-state index in [2.05, 4.69) is 29.1 Å².